The molecule has 7 heteroatoms. The van der Waals surface area contributed by atoms with E-state index in [-0.39, 0.29) is 11.8 Å². The summed E-state index contributed by atoms with van der Waals surface area (Å²) in [4.78, 5) is 23.6. The largest absolute Gasteiger partial charge is 0.356 e. The maximum absolute atomic E-state index is 12.7. The standard InChI is InChI=1S/C21H28N6O/c28-21(22-11-9-17-6-2-1-3-7-17)18-8-4-12-26(15-18)19-14-20(24-16-23-19)27-13-5-10-25-27/h5-6,10,13-14,16,18H,1-4,7-9,11-12,15H2,(H,22,28)/t18-/m1/s1. The number of anilines is 1. The predicted octanol–water partition coefficient (Wildman–Crippen LogP) is 2.89. The molecule has 1 N–H and O–H groups in total. The van der Waals surface area contributed by atoms with Gasteiger partial charge < -0.3 is 10.2 Å². The number of piperidine rings is 1. The monoisotopic (exact) mass is 380 g/mol. The zero-order valence-electron chi connectivity index (χ0n) is 16.3. The SMILES string of the molecule is O=C(NCCC1=CCCCC1)[C@@H]1CCCN(c2cc(-n3cccn3)ncn2)C1. The van der Waals surface area contributed by atoms with Crippen molar-refractivity contribution < 1.29 is 4.79 Å². The Kier molecular flexibility index (Phi) is 5.99. The molecule has 7 nitrogen and oxygen atoms in total. The molecule has 28 heavy (non-hydrogen) atoms. The molecule has 2 aromatic rings. The number of nitrogens with zero attached hydrogens (tertiary/aromatic N) is 5. The topological polar surface area (TPSA) is 75.9 Å². The van der Waals surface area contributed by atoms with Crippen molar-refractivity contribution in [2.75, 3.05) is 24.5 Å². The Morgan fingerprint density at radius 1 is 1.21 bits per heavy atom. The van der Waals surface area contributed by atoms with Crippen LogP contribution in [-0.2, 0) is 4.79 Å². The summed E-state index contributed by atoms with van der Waals surface area (Å²) in [6, 6.07) is 3.80. The van der Waals surface area contributed by atoms with Gasteiger partial charge in [0.25, 0.3) is 0 Å². The lowest BCUT2D eigenvalue weighted by Gasteiger charge is -2.33. The molecule has 0 saturated carbocycles. The Bertz CT molecular complexity index is 816. The van der Waals surface area contributed by atoms with E-state index in [9.17, 15) is 4.79 Å². The van der Waals surface area contributed by atoms with Crippen molar-refractivity contribution in [1.29, 1.82) is 0 Å². The van der Waals surface area contributed by atoms with Gasteiger partial charge >= 0.3 is 0 Å². The van der Waals surface area contributed by atoms with Gasteiger partial charge in [0, 0.05) is 38.1 Å². The summed E-state index contributed by atoms with van der Waals surface area (Å²) in [5.41, 5.74) is 1.50. The summed E-state index contributed by atoms with van der Waals surface area (Å²) in [7, 11) is 0. The molecule has 4 rings (SSSR count). The Morgan fingerprint density at radius 3 is 2.96 bits per heavy atom. The molecule has 1 saturated heterocycles. The van der Waals surface area contributed by atoms with Crippen molar-refractivity contribution >= 4 is 11.7 Å². The van der Waals surface area contributed by atoms with E-state index < -0.39 is 0 Å². The van der Waals surface area contributed by atoms with Crippen LogP contribution in [-0.4, -0.2) is 45.3 Å². The molecule has 0 bridgehead atoms. The molecule has 1 fully saturated rings. The van der Waals surface area contributed by atoms with Crippen molar-refractivity contribution in [3.8, 4) is 5.82 Å². The van der Waals surface area contributed by atoms with Crippen LogP contribution in [0.15, 0.2) is 42.5 Å². The third kappa shape index (κ3) is 4.58. The van der Waals surface area contributed by atoms with Crippen molar-refractivity contribution in [2.24, 2.45) is 5.92 Å². The molecule has 0 spiro atoms. The lowest BCUT2D eigenvalue weighted by Crippen LogP contribution is -2.43. The van der Waals surface area contributed by atoms with E-state index in [1.54, 1.807) is 17.2 Å². The Balaban J connectivity index is 1.33. The summed E-state index contributed by atoms with van der Waals surface area (Å²) < 4.78 is 1.72. The molecule has 0 aromatic carbocycles. The van der Waals surface area contributed by atoms with Crippen LogP contribution in [0, 0.1) is 5.92 Å². The normalized spacial score (nSPS) is 19.9. The van der Waals surface area contributed by atoms with Gasteiger partial charge in [-0.1, -0.05) is 11.6 Å². The van der Waals surface area contributed by atoms with Gasteiger partial charge in [-0.3, -0.25) is 4.79 Å². The molecule has 148 valence electrons. The van der Waals surface area contributed by atoms with Crippen molar-refractivity contribution in [1.82, 2.24) is 25.1 Å². The average molecular weight is 380 g/mol. The quantitative estimate of drug-likeness (QED) is 0.780. The average Bonchev–Trinajstić information content (AvgIpc) is 3.30. The van der Waals surface area contributed by atoms with Crippen LogP contribution >= 0.6 is 0 Å². The van der Waals surface area contributed by atoms with Crippen LogP contribution in [0.3, 0.4) is 0 Å². The third-order valence-electron chi connectivity index (χ3n) is 5.62. The number of carbonyl (C=O) groups is 1. The first-order chi connectivity index (χ1) is 13.8. The minimum Gasteiger partial charge on any atom is -0.356 e. The van der Waals surface area contributed by atoms with Gasteiger partial charge in [0.2, 0.25) is 5.91 Å². The van der Waals surface area contributed by atoms with Gasteiger partial charge in [-0.25, -0.2) is 14.6 Å². The molecule has 1 atom stereocenters. The number of carbonyl (C=O) groups excluding carboxylic acids is 1. The molecule has 1 aliphatic carbocycles. The van der Waals surface area contributed by atoms with Crippen molar-refractivity contribution in [3.63, 3.8) is 0 Å². The third-order valence-corrected chi connectivity index (χ3v) is 5.62. The van der Waals surface area contributed by atoms with Crippen LogP contribution < -0.4 is 10.2 Å². The van der Waals surface area contributed by atoms with E-state index in [4.69, 9.17) is 0 Å². The summed E-state index contributed by atoms with van der Waals surface area (Å²) in [5, 5.41) is 7.38. The summed E-state index contributed by atoms with van der Waals surface area (Å²) in [6.07, 6.45) is 15.4. The first-order valence-electron chi connectivity index (χ1n) is 10.3. The summed E-state index contributed by atoms with van der Waals surface area (Å²) in [6.45, 7) is 2.36. The number of amides is 1. The van der Waals surface area contributed by atoms with Gasteiger partial charge in [0.1, 0.15) is 12.1 Å². The van der Waals surface area contributed by atoms with Crippen LogP contribution in [0.2, 0.25) is 0 Å². The van der Waals surface area contributed by atoms with E-state index in [2.05, 4.69) is 31.4 Å². The van der Waals surface area contributed by atoms with Crippen molar-refractivity contribution in [3.05, 3.63) is 42.5 Å². The van der Waals surface area contributed by atoms with E-state index in [1.165, 1.54) is 31.3 Å². The Morgan fingerprint density at radius 2 is 2.14 bits per heavy atom. The Labute approximate surface area is 165 Å². The second-order valence-corrected chi connectivity index (χ2v) is 7.62. The molecule has 3 heterocycles. The minimum atomic E-state index is 0.0113. The fourth-order valence-electron chi connectivity index (χ4n) is 4.06. The number of hydrogen-bond donors (Lipinski definition) is 1. The fourth-order valence-corrected chi connectivity index (χ4v) is 4.06. The zero-order valence-corrected chi connectivity index (χ0v) is 16.3. The van der Waals surface area contributed by atoms with E-state index in [1.807, 2.05) is 18.3 Å². The van der Waals surface area contributed by atoms with E-state index >= 15 is 0 Å². The number of nitrogens with one attached hydrogen (secondary N) is 1. The summed E-state index contributed by atoms with van der Waals surface area (Å²) >= 11 is 0. The molecular formula is C21H28N6O. The molecule has 2 aliphatic rings. The Hall–Kier alpha value is -2.70. The molecule has 2 aromatic heterocycles. The maximum Gasteiger partial charge on any atom is 0.224 e. The van der Waals surface area contributed by atoms with Crippen LogP contribution in [0.4, 0.5) is 5.82 Å². The number of rotatable bonds is 6. The second-order valence-electron chi connectivity index (χ2n) is 7.62. The van der Waals surface area contributed by atoms with Gasteiger partial charge in [0.05, 0.1) is 5.92 Å². The number of aromatic nitrogens is 4. The molecular weight excluding hydrogens is 352 g/mol. The first-order valence-corrected chi connectivity index (χ1v) is 10.3. The highest BCUT2D eigenvalue weighted by atomic mass is 16.1. The van der Waals surface area contributed by atoms with Gasteiger partial charge in [-0.2, -0.15) is 5.10 Å². The number of allylic oxidation sites excluding steroid dienone is 1. The fraction of sp³-hybridized carbons (Fsp3) is 0.524. The van der Waals surface area contributed by atoms with E-state index in [0.29, 0.717) is 6.54 Å². The number of hydrogen-bond acceptors (Lipinski definition) is 5. The highest BCUT2D eigenvalue weighted by molar-refractivity contribution is 5.79. The van der Waals surface area contributed by atoms with Gasteiger partial charge in [0.15, 0.2) is 5.82 Å². The highest BCUT2D eigenvalue weighted by Crippen LogP contribution is 2.23. The molecule has 0 unspecified atom stereocenters. The zero-order chi connectivity index (χ0) is 19.2. The molecule has 1 amide bonds. The van der Waals surface area contributed by atoms with Crippen molar-refractivity contribution in [2.45, 2.75) is 44.9 Å². The maximum atomic E-state index is 12.7. The summed E-state index contributed by atoms with van der Waals surface area (Å²) in [5.74, 6) is 1.77. The molecule has 0 radical (unpaired) electrons. The van der Waals surface area contributed by atoms with Crippen LogP contribution in [0.1, 0.15) is 44.9 Å². The minimum absolute atomic E-state index is 0.0113. The van der Waals surface area contributed by atoms with Crippen LogP contribution in [0.25, 0.3) is 5.82 Å². The smallest absolute Gasteiger partial charge is 0.224 e. The van der Waals surface area contributed by atoms with E-state index in [0.717, 1.165) is 44.0 Å². The second kappa shape index (κ2) is 8.99. The van der Waals surface area contributed by atoms with Gasteiger partial charge in [-0.05, 0) is 51.0 Å². The lowest BCUT2D eigenvalue weighted by molar-refractivity contribution is -0.125. The predicted molar refractivity (Wildman–Crippen MR) is 108 cm³/mol. The van der Waals surface area contributed by atoms with Crippen LogP contribution in [0.5, 0.6) is 0 Å². The molecule has 1 aliphatic heterocycles. The highest BCUT2D eigenvalue weighted by Gasteiger charge is 2.26. The lowest BCUT2D eigenvalue weighted by atomic mass is 9.96. The van der Waals surface area contributed by atoms with Gasteiger partial charge in [-0.15, -0.1) is 0 Å². The first kappa shape index (κ1) is 18.7.